The predicted octanol–water partition coefficient (Wildman–Crippen LogP) is 1.42. The largest absolute Gasteiger partial charge is 0.497 e. The molecule has 0 bridgehead atoms. The molecule has 2 N–H and O–H groups in total. The number of rotatable bonds is 5. The summed E-state index contributed by atoms with van der Waals surface area (Å²) in [5.41, 5.74) is 7.63. The topological polar surface area (TPSA) is 75.2 Å². The van der Waals surface area contributed by atoms with Crippen LogP contribution in [-0.2, 0) is 13.7 Å². The number of nitrogens with two attached hydrogens (primary N) is 1. The van der Waals surface area contributed by atoms with Crippen LogP contribution in [0.2, 0.25) is 0 Å². The van der Waals surface area contributed by atoms with Crippen LogP contribution in [0, 0.1) is 0 Å². The molecule has 6 nitrogen and oxygen atoms in total. The number of hydrogen-bond donors (Lipinski definition) is 1. The quantitative estimate of drug-likeness (QED) is 0.882. The van der Waals surface area contributed by atoms with Gasteiger partial charge in [-0.2, -0.15) is 0 Å². The van der Waals surface area contributed by atoms with Gasteiger partial charge >= 0.3 is 0 Å². The molecule has 0 radical (unpaired) electrons. The molecule has 1 aromatic carbocycles. The highest BCUT2D eigenvalue weighted by atomic mass is 16.5. The predicted molar refractivity (Wildman–Crippen MR) is 70.9 cm³/mol. The van der Waals surface area contributed by atoms with Gasteiger partial charge < -0.3 is 15.2 Å². The van der Waals surface area contributed by atoms with E-state index < -0.39 is 0 Å². The van der Waals surface area contributed by atoms with Crippen molar-refractivity contribution in [3.8, 4) is 11.5 Å². The molecule has 0 fully saturated rings. The lowest BCUT2D eigenvalue weighted by Gasteiger charge is -2.14. The summed E-state index contributed by atoms with van der Waals surface area (Å²) < 4.78 is 12.6. The van der Waals surface area contributed by atoms with Gasteiger partial charge in [-0.15, -0.1) is 5.10 Å². The maximum Gasteiger partial charge on any atom is 0.134 e. The fraction of sp³-hybridized carbons (Fsp3) is 0.385. The van der Waals surface area contributed by atoms with Gasteiger partial charge in [0.2, 0.25) is 0 Å². The second-order valence-corrected chi connectivity index (χ2v) is 4.36. The number of hydrogen-bond acceptors (Lipinski definition) is 5. The number of aryl methyl sites for hydroxylation is 1. The monoisotopic (exact) mass is 262 g/mol. The highest BCUT2D eigenvalue weighted by Gasteiger charge is 2.10. The van der Waals surface area contributed by atoms with Crippen LogP contribution in [0.4, 0.5) is 0 Å². The van der Waals surface area contributed by atoms with Crippen LogP contribution in [0.1, 0.15) is 24.2 Å². The molecule has 1 aromatic heterocycles. The minimum Gasteiger partial charge on any atom is -0.497 e. The highest BCUT2D eigenvalue weighted by molar-refractivity contribution is 5.42. The van der Waals surface area contributed by atoms with E-state index in [2.05, 4.69) is 10.3 Å². The SMILES string of the molecule is COc1ccc([C@H](C)N)c(OCc2cn(C)nn2)c1. The molecule has 2 aromatic rings. The molecule has 0 saturated heterocycles. The Bertz CT molecular complexity index is 551. The molecule has 102 valence electrons. The van der Waals surface area contributed by atoms with Crippen molar-refractivity contribution in [2.45, 2.75) is 19.6 Å². The number of benzene rings is 1. The van der Waals surface area contributed by atoms with Crippen molar-refractivity contribution in [3.05, 3.63) is 35.7 Å². The average molecular weight is 262 g/mol. The molecule has 1 atom stereocenters. The van der Waals surface area contributed by atoms with E-state index in [0.29, 0.717) is 12.4 Å². The molecule has 1 heterocycles. The summed E-state index contributed by atoms with van der Waals surface area (Å²) in [6, 6.07) is 5.50. The zero-order chi connectivity index (χ0) is 13.8. The Kier molecular flexibility index (Phi) is 4.01. The Hall–Kier alpha value is -2.08. The van der Waals surface area contributed by atoms with Crippen molar-refractivity contribution in [1.82, 2.24) is 15.0 Å². The van der Waals surface area contributed by atoms with Crippen LogP contribution in [-0.4, -0.2) is 22.1 Å². The van der Waals surface area contributed by atoms with Gasteiger partial charge in [0.1, 0.15) is 23.8 Å². The Labute approximate surface area is 112 Å². The van der Waals surface area contributed by atoms with Gasteiger partial charge in [-0.25, -0.2) is 0 Å². The summed E-state index contributed by atoms with van der Waals surface area (Å²) in [6.45, 7) is 2.26. The lowest BCUT2D eigenvalue weighted by atomic mass is 10.1. The van der Waals surface area contributed by atoms with E-state index in [1.807, 2.05) is 38.4 Å². The molecular formula is C13H18N4O2. The average Bonchev–Trinajstić information content (AvgIpc) is 2.81. The van der Waals surface area contributed by atoms with Gasteiger partial charge in [-0.05, 0) is 13.0 Å². The Balaban J connectivity index is 2.17. The van der Waals surface area contributed by atoms with Crippen molar-refractivity contribution in [3.63, 3.8) is 0 Å². The maximum absolute atomic E-state index is 5.93. The second-order valence-electron chi connectivity index (χ2n) is 4.36. The number of aromatic nitrogens is 3. The van der Waals surface area contributed by atoms with Crippen LogP contribution < -0.4 is 15.2 Å². The summed E-state index contributed by atoms with van der Waals surface area (Å²) in [6.07, 6.45) is 1.81. The van der Waals surface area contributed by atoms with Gasteiger partial charge in [0, 0.05) is 24.7 Å². The molecule has 0 aliphatic carbocycles. The highest BCUT2D eigenvalue weighted by Crippen LogP contribution is 2.29. The van der Waals surface area contributed by atoms with Crippen molar-refractivity contribution in [1.29, 1.82) is 0 Å². The molecular weight excluding hydrogens is 244 g/mol. The summed E-state index contributed by atoms with van der Waals surface area (Å²) in [7, 11) is 3.43. The lowest BCUT2D eigenvalue weighted by molar-refractivity contribution is 0.294. The third-order valence-corrected chi connectivity index (χ3v) is 2.74. The van der Waals surface area contributed by atoms with Crippen molar-refractivity contribution in [2.75, 3.05) is 7.11 Å². The summed E-state index contributed by atoms with van der Waals surface area (Å²) in [5.74, 6) is 1.44. The maximum atomic E-state index is 5.93. The zero-order valence-corrected chi connectivity index (χ0v) is 11.3. The van der Waals surface area contributed by atoms with Crippen LogP contribution in [0.15, 0.2) is 24.4 Å². The standard InChI is InChI=1S/C13H18N4O2/c1-9(14)12-5-4-11(18-3)6-13(12)19-8-10-7-17(2)16-15-10/h4-7,9H,8,14H2,1-3H3/t9-/m0/s1. The van der Waals surface area contributed by atoms with Gasteiger partial charge in [0.15, 0.2) is 0 Å². The Morgan fingerprint density at radius 1 is 1.42 bits per heavy atom. The Morgan fingerprint density at radius 3 is 2.79 bits per heavy atom. The summed E-state index contributed by atoms with van der Waals surface area (Å²) >= 11 is 0. The smallest absolute Gasteiger partial charge is 0.134 e. The minimum atomic E-state index is -0.109. The van der Waals surface area contributed by atoms with E-state index in [-0.39, 0.29) is 6.04 Å². The van der Waals surface area contributed by atoms with E-state index in [9.17, 15) is 0 Å². The van der Waals surface area contributed by atoms with Crippen LogP contribution in [0.3, 0.4) is 0 Å². The van der Waals surface area contributed by atoms with E-state index in [1.165, 1.54) is 0 Å². The lowest BCUT2D eigenvalue weighted by Crippen LogP contribution is -2.08. The van der Waals surface area contributed by atoms with Gasteiger partial charge in [-0.1, -0.05) is 11.3 Å². The molecule has 0 amide bonds. The van der Waals surface area contributed by atoms with Crippen molar-refractivity contribution >= 4 is 0 Å². The van der Waals surface area contributed by atoms with E-state index in [4.69, 9.17) is 15.2 Å². The number of nitrogens with zero attached hydrogens (tertiary/aromatic N) is 3. The van der Waals surface area contributed by atoms with Crippen molar-refractivity contribution < 1.29 is 9.47 Å². The second kappa shape index (κ2) is 5.71. The third-order valence-electron chi connectivity index (χ3n) is 2.74. The summed E-state index contributed by atoms with van der Waals surface area (Å²) in [5, 5.41) is 7.83. The van der Waals surface area contributed by atoms with E-state index >= 15 is 0 Å². The molecule has 0 aliphatic heterocycles. The zero-order valence-electron chi connectivity index (χ0n) is 11.3. The van der Waals surface area contributed by atoms with Gasteiger partial charge in [0.25, 0.3) is 0 Å². The Morgan fingerprint density at radius 2 is 2.21 bits per heavy atom. The first-order valence-corrected chi connectivity index (χ1v) is 6.01. The van der Waals surface area contributed by atoms with Gasteiger partial charge in [-0.3, -0.25) is 4.68 Å². The molecule has 0 unspecified atom stereocenters. The molecule has 19 heavy (non-hydrogen) atoms. The minimum absolute atomic E-state index is 0.109. The van der Waals surface area contributed by atoms with Crippen LogP contribution in [0.5, 0.6) is 11.5 Å². The molecule has 0 saturated carbocycles. The van der Waals surface area contributed by atoms with Crippen molar-refractivity contribution in [2.24, 2.45) is 12.8 Å². The first kappa shape index (κ1) is 13.4. The van der Waals surface area contributed by atoms with E-state index in [1.54, 1.807) is 11.8 Å². The number of ether oxygens (including phenoxy) is 2. The summed E-state index contributed by atoms with van der Waals surface area (Å²) in [4.78, 5) is 0. The fourth-order valence-corrected chi connectivity index (χ4v) is 1.76. The third kappa shape index (κ3) is 3.23. The van der Waals surface area contributed by atoms with Crippen LogP contribution >= 0.6 is 0 Å². The normalized spacial score (nSPS) is 12.2. The fourth-order valence-electron chi connectivity index (χ4n) is 1.76. The number of methoxy groups -OCH3 is 1. The molecule has 2 rings (SSSR count). The van der Waals surface area contributed by atoms with Crippen LogP contribution in [0.25, 0.3) is 0 Å². The molecule has 0 spiro atoms. The first-order valence-electron chi connectivity index (χ1n) is 6.01. The molecule has 6 heteroatoms. The first-order chi connectivity index (χ1) is 9.10. The van der Waals surface area contributed by atoms with Gasteiger partial charge in [0.05, 0.1) is 13.3 Å². The molecule has 0 aliphatic rings. The van der Waals surface area contributed by atoms with E-state index in [0.717, 1.165) is 17.0 Å².